The van der Waals surface area contributed by atoms with Crippen molar-refractivity contribution in [2.45, 2.75) is 69.4 Å². The van der Waals surface area contributed by atoms with E-state index in [4.69, 9.17) is 9.84 Å². The van der Waals surface area contributed by atoms with Gasteiger partial charge in [-0.05, 0) is 49.7 Å². The molecule has 1 heterocycles. The minimum atomic E-state index is -0.799. The van der Waals surface area contributed by atoms with Gasteiger partial charge in [0.25, 0.3) is 0 Å². The van der Waals surface area contributed by atoms with E-state index < -0.39 is 24.3 Å². The number of aliphatic hydroxyl groups is 3. The number of rotatable bonds is 9. The molecule has 0 spiro atoms. The lowest BCUT2D eigenvalue weighted by molar-refractivity contribution is -0.137. The Morgan fingerprint density at radius 3 is 2.80 bits per heavy atom. The zero-order valence-electron chi connectivity index (χ0n) is 17.1. The van der Waals surface area contributed by atoms with Gasteiger partial charge in [-0.2, -0.15) is 0 Å². The van der Waals surface area contributed by atoms with Gasteiger partial charge in [0.15, 0.2) is 0 Å². The summed E-state index contributed by atoms with van der Waals surface area (Å²) in [7, 11) is 0. The molecule has 0 radical (unpaired) electrons. The Morgan fingerprint density at radius 2 is 2.00 bits per heavy atom. The molecule has 0 aromatic heterocycles. The second-order valence-electron chi connectivity index (χ2n) is 8.28. The summed E-state index contributed by atoms with van der Waals surface area (Å²) in [6.07, 6.45) is 8.93. The van der Waals surface area contributed by atoms with Crippen molar-refractivity contribution in [3.05, 3.63) is 54.1 Å². The van der Waals surface area contributed by atoms with Crippen LogP contribution in [0.4, 0.5) is 0 Å². The maximum atomic E-state index is 10.6. The number of carbonyl (C=O) groups is 1. The summed E-state index contributed by atoms with van der Waals surface area (Å²) in [5.74, 6) is -0.364. The van der Waals surface area contributed by atoms with E-state index in [1.807, 2.05) is 42.5 Å². The van der Waals surface area contributed by atoms with Crippen LogP contribution in [0.1, 0.15) is 44.1 Å². The van der Waals surface area contributed by atoms with Gasteiger partial charge in [0.05, 0.1) is 12.2 Å². The SMILES string of the molecule is O=C(O)CCC/C=C\C[C@@H]1C(/C=C/[C@H](O)[C@H]2CCc3ccccc3O2)[C@H](O)C[C@@H]1O. The Bertz CT molecular complexity index is 758. The van der Waals surface area contributed by atoms with Crippen molar-refractivity contribution >= 4 is 5.97 Å². The normalized spacial score (nSPS) is 29.8. The summed E-state index contributed by atoms with van der Waals surface area (Å²) in [4.78, 5) is 10.5. The molecule has 6 nitrogen and oxygen atoms in total. The highest BCUT2D eigenvalue weighted by Crippen LogP contribution is 2.37. The highest BCUT2D eigenvalue weighted by atomic mass is 16.5. The molecule has 3 rings (SSSR count). The highest BCUT2D eigenvalue weighted by Gasteiger charge is 2.39. The van der Waals surface area contributed by atoms with Crippen LogP contribution in [-0.2, 0) is 11.2 Å². The molecule has 1 aromatic rings. The predicted octanol–water partition coefficient (Wildman–Crippen LogP) is 2.86. The van der Waals surface area contributed by atoms with E-state index in [0.717, 1.165) is 24.2 Å². The molecular weight excluding hydrogens is 384 g/mol. The number of aryl methyl sites for hydroxylation is 1. The van der Waals surface area contributed by atoms with Crippen LogP contribution in [0.5, 0.6) is 5.75 Å². The second kappa shape index (κ2) is 10.8. The monoisotopic (exact) mass is 416 g/mol. The summed E-state index contributed by atoms with van der Waals surface area (Å²) in [5, 5.41) is 40.0. The van der Waals surface area contributed by atoms with Crippen LogP contribution < -0.4 is 4.74 Å². The lowest BCUT2D eigenvalue weighted by atomic mass is 9.89. The van der Waals surface area contributed by atoms with Crippen LogP contribution in [0.25, 0.3) is 0 Å². The number of hydrogen-bond acceptors (Lipinski definition) is 5. The first-order chi connectivity index (χ1) is 14.5. The number of aliphatic carboxylic acids is 1. The van der Waals surface area contributed by atoms with Gasteiger partial charge in [-0.15, -0.1) is 0 Å². The van der Waals surface area contributed by atoms with Gasteiger partial charge < -0.3 is 25.2 Å². The van der Waals surface area contributed by atoms with E-state index in [1.165, 1.54) is 0 Å². The van der Waals surface area contributed by atoms with Crippen molar-refractivity contribution in [1.82, 2.24) is 0 Å². The molecule has 1 aliphatic heterocycles. The molecular formula is C24H32O6. The second-order valence-corrected chi connectivity index (χ2v) is 8.28. The molecule has 6 atom stereocenters. The van der Waals surface area contributed by atoms with Gasteiger partial charge in [-0.3, -0.25) is 4.79 Å². The van der Waals surface area contributed by atoms with E-state index >= 15 is 0 Å². The van der Waals surface area contributed by atoms with Crippen molar-refractivity contribution in [2.75, 3.05) is 0 Å². The first-order valence-electron chi connectivity index (χ1n) is 10.8. The van der Waals surface area contributed by atoms with Gasteiger partial charge in [-0.1, -0.05) is 42.5 Å². The Kier molecular flexibility index (Phi) is 8.08. The van der Waals surface area contributed by atoms with Gasteiger partial charge in [0, 0.05) is 18.8 Å². The molecule has 1 unspecified atom stereocenters. The van der Waals surface area contributed by atoms with E-state index in [2.05, 4.69) is 0 Å². The lowest BCUT2D eigenvalue weighted by Gasteiger charge is -2.28. The Morgan fingerprint density at radius 1 is 1.20 bits per heavy atom. The van der Waals surface area contributed by atoms with E-state index in [1.54, 1.807) is 6.08 Å². The highest BCUT2D eigenvalue weighted by molar-refractivity contribution is 5.66. The zero-order chi connectivity index (χ0) is 21.5. The summed E-state index contributed by atoms with van der Waals surface area (Å²) >= 11 is 0. The average Bonchev–Trinajstić information content (AvgIpc) is 3.00. The molecule has 0 amide bonds. The van der Waals surface area contributed by atoms with E-state index in [9.17, 15) is 20.1 Å². The molecule has 164 valence electrons. The van der Waals surface area contributed by atoms with Gasteiger partial charge >= 0.3 is 5.97 Å². The van der Waals surface area contributed by atoms with Crippen LogP contribution in [0.2, 0.25) is 0 Å². The first kappa shape index (κ1) is 22.5. The minimum Gasteiger partial charge on any atom is -0.487 e. The average molecular weight is 417 g/mol. The van der Waals surface area contributed by atoms with Crippen LogP contribution in [0.3, 0.4) is 0 Å². The number of aliphatic hydroxyl groups excluding tert-OH is 3. The largest absolute Gasteiger partial charge is 0.487 e. The number of benzene rings is 1. The molecule has 30 heavy (non-hydrogen) atoms. The summed E-state index contributed by atoms with van der Waals surface area (Å²) < 4.78 is 5.94. The number of unbranched alkanes of at least 4 members (excludes halogenated alkanes) is 1. The third-order valence-corrected chi connectivity index (χ3v) is 6.11. The summed E-state index contributed by atoms with van der Waals surface area (Å²) in [5.41, 5.74) is 1.15. The number of allylic oxidation sites excluding steroid dienone is 2. The molecule has 1 fully saturated rings. The van der Waals surface area contributed by atoms with Crippen LogP contribution in [0, 0.1) is 11.8 Å². The number of ether oxygens (including phenoxy) is 1. The predicted molar refractivity (Wildman–Crippen MR) is 113 cm³/mol. The molecule has 0 saturated heterocycles. The smallest absolute Gasteiger partial charge is 0.303 e. The fourth-order valence-electron chi connectivity index (χ4n) is 4.40. The van der Waals surface area contributed by atoms with Crippen molar-refractivity contribution in [3.8, 4) is 5.75 Å². The zero-order valence-corrected chi connectivity index (χ0v) is 17.1. The molecule has 4 N–H and O–H groups in total. The number of para-hydroxylation sites is 1. The maximum Gasteiger partial charge on any atom is 0.303 e. The summed E-state index contributed by atoms with van der Waals surface area (Å²) in [6.45, 7) is 0. The Hall–Kier alpha value is -2.15. The van der Waals surface area contributed by atoms with Gasteiger partial charge in [0.1, 0.15) is 18.0 Å². The first-order valence-corrected chi connectivity index (χ1v) is 10.8. The van der Waals surface area contributed by atoms with Crippen molar-refractivity contribution in [2.24, 2.45) is 11.8 Å². The van der Waals surface area contributed by atoms with Crippen LogP contribution in [-0.4, -0.2) is 50.8 Å². The standard InChI is InChI=1S/C24H32O6/c25-19(23-14-11-16-7-5-6-9-22(16)30-23)13-12-18-17(20(26)15-21(18)27)8-3-1-2-4-10-24(28)29/h1,3,5-7,9,12-13,17-21,23,25-27H,2,4,8,10-11,14-15H2,(H,28,29)/b3-1-,13-12+/t17-,18?,19+,20+,21-,23-/m1/s1. The fourth-order valence-corrected chi connectivity index (χ4v) is 4.40. The Balaban J connectivity index is 1.54. The van der Waals surface area contributed by atoms with Crippen molar-refractivity contribution in [1.29, 1.82) is 0 Å². The fraction of sp³-hybridized carbons (Fsp3) is 0.542. The Labute approximate surface area is 177 Å². The number of fused-ring (bicyclic) bond motifs is 1. The number of carboxylic acid groups (broad SMARTS) is 1. The molecule has 1 aromatic carbocycles. The van der Waals surface area contributed by atoms with Crippen molar-refractivity contribution < 1.29 is 30.0 Å². The van der Waals surface area contributed by atoms with E-state index in [0.29, 0.717) is 25.7 Å². The van der Waals surface area contributed by atoms with Crippen LogP contribution >= 0.6 is 0 Å². The topological polar surface area (TPSA) is 107 Å². The molecule has 1 aliphatic carbocycles. The third kappa shape index (κ3) is 5.94. The van der Waals surface area contributed by atoms with Gasteiger partial charge in [-0.25, -0.2) is 0 Å². The molecule has 2 aliphatic rings. The quantitative estimate of drug-likeness (QED) is 0.364. The molecule has 1 saturated carbocycles. The number of hydrogen-bond donors (Lipinski definition) is 4. The van der Waals surface area contributed by atoms with Crippen LogP contribution in [0.15, 0.2) is 48.6 Å². The number of carboxylic acids is 1. The van der Waals surface area contributed by atoms with Crippen molar-refractivity contribution in [3.63, 3.8) is 0 Å². The molecule has 0 bridgehead atoms. The summed E-state index contributed by atoms with van der Waals surface area (Å²) in [6, 6.07) is 7.84. The van der Waals surface area contributed by atoms with Gasteiger partial charge in [0.2, 0.25) is 0 Å². The maximum absolute atomic E-state index is 10.6. The lowest BCUT2D eigenvalue weighted by Crippen LogP contribution is -2.34. The third-order valence-electron chi connectivity index (χ3n) is 6.11. The minimum absolute atomic E-state index is 0.132. The van der Waals surface area contributed by atoms with E-state index in [-0.39, 0.29) is 24.4 Å². The molecule has 6 heteroatoms.